The van der Waals surface area contributed by atoms with Crippen molar-refractivity contribution in [3.8, 4) is 11.3 Å². The van der Waals surface area contributed by atoms with Gasteiger partial charge in [-0.05, 0) is 36.0 Å². The highest BCUT2D eigenvalue weighted by Gasteiger charge is 2.20. The summed E-state index contributed by atoms with van der Waals surface area (Å²) >= 11 is 3.51. The summed E-state index contributed by atoms with van der Waals surface area (Å²) in [6, 6.07) is 14.7. The van der Waals surface area contributed by atoms with Crippen LogP contribution in [0.25, 0.3) is 11.3 Å². The monoisotopic (exact) mass is 317 g/mol. The number of rotatable bonds is 5. The fourth-order valence-corrected chi connectivity index (χ4v) is 2.55. The van der Waals surface area contributed by atoms with Gasteiger partial charge in [-0.15, -0.1) is 0 Å². The van der Waals surface area contributed by atoms with Crippen LogP contribution in [0.3, 0.4) is 0 Å². The molecular weight excluding hydrogens is 298 g/mol. The van der Waals surface area contributed by atoms with E-state index >= 15 is 0 Å². The molecule has 2 aromatic rings. The lowest BCUT2D eigenvalue weighted by Crippen LogP contribution is -2.17. The highest BCUT2D eigenvalue weighted by Crippen LogP contribution is 2.30. The Balaban J connectivity index is 2.29. The smallest absolute Gasteiger partial charge is 0.0704 e. The minimum absolute atomic E-state index is 0.195. The van der Waals surface area contributed by atoms with Crippen molar-refractivity contribution < 1.29 is 0 Å². The van der Waals surface area contributed by atoms with E-state index in [9.17, 15) is 0 Å². The number of aromatic nitrogens is 1. The average Bonchev–Trinajstić information content (AvgIpc) is 2.46. The maximum absolute atomic E-state index is 4.49. The average molecular weight is 318 g/mol. The molecule has 1 heterocycles. The Kier molecular flexibility index (Phi) is 4.76. The van der Waals surface area contributed by atoms with E-state index in [0.29, 0.717) is 0 Å². The van der Waals surface area contributed by atoms with Crippen LogP contribution in [0.4, 0.5) is 0 Å². The zero-order valence-electron chi connectivity index (χ0n) is 11.6. The summed E-state index contributed by atoms with van der Waals surface area (Å²) in [5, 5.41) is 1.06. The second-order valence-electron chi connectivity index (χ2n) is 5.47. The van der Waals surface area contributed by atoms with E-state index < -0.39 is 0 Å². The molecule has 0 aliphatic carbocycles. The second-order valence-corrected chi connectivity index (χ2v) is 6.27. The van der Waals surface area contributed by atoms with Gasteiger partial charge in [0.2, 0.25) is 0 Å². The summed E-state index contributed by atoms with van der Waals surface area (Å²) < 4.78 is 0. The van der Waals surface area contributed by atoms with Crippen molar-refractivity contribution in [2.75, 3.05) is 5.33 Å². The lowest BCUT2D eigenvalue weighted by molar-refractivity contribution is 0.475. The van der Waals surface area contributed by atoms with Gasteiger partial charge in [0.15, 0.2) is 0 Å². The fraction of sp³-hybridized carbons (Fsp3) is 0.353. The van der Waals surface area contributed by atoms with E-state index in [1.54, 1.807) is 0 Å². The molecule has 0 amide bonds. The van der Waals surface area contributed by atoms with Crippen LogP contribution in [-0.4, -0.2) is 10.3 Å². The van der Waals surface area contributed by atoms with Gasteiger partial charge in [0.1, 0.15) is 0 Å². The van der Waals surface area contributed by atoms with E-state index in [1.807, 2.05) is 12.3 Å². The minimum atomic E-state index is 0.195. The summed E-state index contributed by atoms with van der Waals surface area (Å²) in [4.78, 5) is 4.49. The van der Waals surface area contributed by atoms with E-state index in [1.165, 1.54) is 24.0 Å². The maximum atomic E-state index is 4.49. The lowest BCUT2D eigenvalue weighted by Gasteiger charge is -2.25. The van der Waals surface area contributed by atoms with Crippen LogP contribution in [-0.2, 0) is 5.41 Å². The molecule has 0 saturated carbocycles. The van der Waals surface area contributed by atoms with Crippen molar-refractivity contribution >= 4 is 15.9 Å². The second kappa shape index (κ2) is 6.33. The van der Waals surface area contributed by atoms with Crippen LogP contribution in [0, 0.1) is 0 Å². The summed E-state index contributed by atoms with van der Waals surface area (Å²) in [7, 11) is 0. The quantitative estimate of drug-likeness (QED) is 0.690. The topological polar surface area (TPSA) is 12.9 Å². The Labute approximate surface area is 124 Å². The van der Waals surface area contributed by atoms with E-state index in [-0.39, 0.29) is 5.41 Å². The molecule has 0 spiro atoms. The first kappa shape index (κ1) is 14.3. The molecule has 100 valence electrons. The first-order valence-electron chi connectivity index (χ1n) is 6.71. The number of pyridine rings is 1. The number of nitrogens with zero attached hydrogens (tertiary/aromatic N) is 1. The fourth-order valence-electron chi connectivity index (χ4n) is 2.27. The molecule has 19 heavy (non-hydrogen) atoms. The highest BCUT2D eigenvalue weighted by atomic mass is 79.9. The minimum Gasteiger partial charge on any atom is -0.256 e. The Morgan fingerprint density at radius 2 is 1.84 bits per heavy atom. The largest absolute Gasteiger partial charge is 0.256 e. The predicted octanol–water partition coefficient (Wildman–Crippen LogP) is 5.20. The van der Waals surface area contributed by atoms with E-state index in [2.05, 4.69) is 71.2 Å². The standard InChI is InChI=1S/C17H20BrN/c1-17(2,10-6-11-18)15-9-12-19-16(13-15)14-7-4-3-5-8-14/h3-5,7-9,12-13H,6,10-11H2,1-2H3. The zero-order valence-corrected chi connectivity index (χ0v) is 13.2. The van der Waals surface area contributed by atoms with Gasteiger partial charge in [-0.2, -0.15) is 0 Å². The van der Waals surface area contributed by atoms with Crippen LogP contribution in [0.15, 0.2) is 48.7 Å². The molecule has 2 heteroatoms. The van der Waals surface area contributed by atoms with Crippen molar-refractivity contribution in [3.63, 3.8) is 0 Å². The number of hydrogen-bond donors (Lipinski definition) is 0. The van der Waals surface area contributed by atoms with Crippen molar-refractivity contribution in [2.24, 2.45) is 0 Å². The third-order valence-electron chi connectivity index (χ3n) is 3.55. The normalized spacial score (nSPS) is 11.5. The van der Waals surface area contributed by atoms with Gasteiger partial charge in [0, 0.05) is 17.1 Å². The molecule has 0 radical (unpaired) electrons. The van der Waals surface area contributed by atoms with Crippen LogP contribution < -0.4 is 0 Å². The molecule has 0 N–H and O–H groups in total. The molecule has 1 aromatic carbocycles. The molecule has 0 bridgehead atoms. The van der Waals surface area contributed by atoms with Gasteiger partial charge in [-0.1, -0.05) is 60.1 Å². The van der Waals surface area contributed by atoms with Crippen molar-refractivity contribution in [1.29, 1.82) is 0 Å². The van der Waals surface area contributed by atoms with Crippen LogP contribution in [0.5, 0.6) is 0 Å². The maximum Gasteiger partial charge on any atom is 0.0704 e. The first-order chi connectivity index (χ1) is 9.13. The molecule has 1 nitrogen and oxygen atoms in total. The SMILES string of the molecule is CC(C)(CCCBr)c1ccnc(-c2ccccc2)c1. The van der Waals surface area contributed by atoms with E-state index in [0.717, 1.165) is 11.0 Å². The van der Waals surface area contributed by atoms with Crippen LogP contribution >= 0.6 is 15.9 Å². The van der Waals surface area contributed by atoms with Gasteiger partial charge < -0.3 is 0 Å². The summed E-state index contributed by atoms with van der Waals surface area (Å²) in [5.41, 5.74) is 3.80. The Bertz CT molecular complexity index is 520. The number of hydrogen-bond acceptors (Lipinski definition) is 1. The number of benzene rings is 1. The van der Waals surface area contributed by atoms with Crippen molar-refractivity contribution in [1.82, 2.24) is 4.98 Å². The van der Waals surface area contributed by atoms with Gasteiger partial charge in [-0.3, -0.25) is 4.98 Å². The molecule has 0 aliphatic heterocycles. The Morgan fingerprint density at radius 1 is 1.11 bits per heavy atom. The Morgan fingerprint density at radius 3 is 2.53 bits per heavy atom. The first-order valence-corrected chi connectivity index (χ1v) is 7.83. The third kappa shape index (κ3) is 3.66. The highest BCUT2D eigenvalue weighted by molar-refractivity contribution is 9.09. The number of halogens is 1. The predicted molar refractivity (Wildman–Crippen MR) is 85.7 cm³/mol. The molecule has 0 aliphatic rings. The van der Waals surface area contributed by atoms with Gasteiger partial charge >= 0.3 is 0 Å². The molecule has 0 atom stereocenters. The molecule has 1 aromatic heterocycles. The number of alkyl halides is 1. The van der Waals surface area contributed by atoms with Gasteiger partial charge in [0.25, 0.3) is 0 Å². The van der Waals surface area contributed by atoms with Crippen molar-refractivity contribution in [3.05, 3.63) is 54.2 Å². The third-order valence-corrected chi connectivity index (χ3v) is 4.11. The molecule has 0 saturated heterocycles. The van der Waals surface area contributed by atoms with Crippen LogP contribution in [0.2, 0.25) is 0 Å². The molecule has 0 unspecified atom stereocenters. The summed E-state index contributed by atoms with van der Waals surface area (Å²) in [6.07, 6.45) is 4.29. The van der Waals surface area contributed by atoms with E-state index in [4.69, 9.17) is 0 Å². The zero-order chi connectivity index (χ0) is 13.7. The molecule has 0 fully saturated rings. The lowest BCUT2D eigenvalue weighted by atomic mass is 9.80. The summed E-state index contributed by atoms with van der Waals surface area (Å²) in [6.45, 7) is 4.61. The van der Waals surface area contributed by atoms with Gasteiger partial charge in [-0.25, -0.2) is 0 Å². The summed E-state index contributed by atoms with van der Waals surface area (Å²) in [5.74, 6) is 0. The van der Waals surface area contributed by atoms with Gasteiger partial charge in [0.05, 0.1) is 5.69 Å². The molecule has 2 rings (SSSR count). The molecular formula is C17H20BrN. The van der Waals surface area contributed by atoms with Crippen LogP contribution in [0.1, 0.15) is 32.3 Å². The van der Waals surface area contributed by atoms with Crippen molar-refractivity contribution in [2.45, 2.75) is 32.1 Å². The Hall–Kier alpha value is -1.15.